The Labute approximate surface area is 232 Å². The maximum absolute atomic E-state index is 14.5. The number of halogens is 5. The molecule has 1 saturated heterocycles. The van der Waals surface area contributed by atoms with Crippen LogP contribution in [-0.4, -0.2) is 48.2 Å². The molecule has 0 radical (unpaired) electrons. The lowest BCUT2D eigenvalue weighted by Crippen LogP contribution is -2.42. The van der Waals surface area contributed by atoms with Crippen LogP contribution in [-0.2, 0) is 15.2 Å². The number of carbonyl (C=O) groups excluding carboxylic acids is 2. The van der Waals surface area contributed by atoms with Crippen LogP contribution in [0.1, 0.15) is 47.2 Å². The third-order valence-corrected chi connectivity index (χ3v) is 7.54. The Bertz CT molecular complexity index is 1450. The fourth-order valence-corrected chi connectivity index (χ4v) is 5.62. The first-order valence-electron chi connectivity index (χ1n) is 12.5. The van der Waals surface area contributed by atoms with E-state index in [2.05, 4.69) is 10.5 Å². The molecule has 2 heterocycles. The molecule has 39 heavy (non-hydrogen) atoms. The zero-order valence-corrected chi connectivity index (χ0v) is 22.2. The zero-order chi connectivity index (χ0) is 27.8. The maximum Gasteiger partial charge on any atom is 0.435 e. The largest absolute Gasteiger partial charge is 0.435 e. The molecule has 6 nitrogen and oxygen atoms in total. The minimum absolute atomic E-state index is 0.0396. The highest BCUT2D eigenvalue weighted by molar-refractivity contribution is 6.34. The summed E-state index contributed by atoms with van der Waals surface area (Å²) in [6.07, 6.45) is -2.48. The first kappa shape index (κ1) is 27.3. The van der Waals surface area contributed by atoms with Crippen LogP contribution in [0.5, 0.6) is 0 Å². The summed E-state index contributed by atoms with van der Waals surface area (Å²) in [6.45, 7) is 1.22. The van der Waals surface area contributed by atoms with E-state index in [1.807, 2.05) is 0 Å². The van der Waals surface area contributed by atoms with Crippen LogP contribution in [0, 0.1) is 0 Å². The average Bonchev–Trinajstić information content (AvgIpc) is 3.38. The molecule has 2 aliphatic heterocycles. The number of fused-ring (bicyclic) bond motifs is 1. The van der Waals surface area contributed by atoms with E-state index in [1.54, 1.807) is 35.2 Å². The molecule has 11 heteroatoms. The van der Waals surface area contributed by atoms with Crippen LogP contribution in [0.2, 0.25) is 10.0 Å². The van der Waals surface area contributed by atoms with Gasteiger partial charge in [-0.05, 0) is 54.3 Å². The summed E-state index contributed by atoms with van der Waals surface area (Å²) in [4.78, 5) is 32.4. The Morgan fingerprint density at radius 1 is 0.974 bits per heavy atom. The van der Waals surface area contributed by atoms with Gasteiger partial charge in [0.05, 0.1) is 12.3 Å². The number of benzene rings is 3. The third-order valence-electron chi connectivity index (χ3n) is 7.10. The smallest absolute Gasteiger partial charge is 0.374 e. The fraction of sp³-hybridized carbons (Fsp3) is 0.321. The molecule has 3 aromatic carbocycles. The lowest BCUT2D eigenvalue weighted by atomic mass is 9.85. The second kappa shape index (κ2) is 10.7. The topological polar surface area (TPSA) is 71.0 Å². The van der Waals surface area contributed by atoms with E-state index < -0.39 is 24.1 Å². The Morgan fingerprint density at radius 3 is 2.31 bits per heavy atom. The van der Waals surface area contributed by atoms with Gasteiger partial charge >= 0.3 is 6.18 Å². The molecule has 0 spiro atoms. The molecular formula is C28H24Cl2F3N3O3. The summed E-state index contributed by atoms with van der Waals surface area (Å²) in [5.74, 6) is -0.600. The highest BCUT2D eigenvalue weighted by Crippen LogP contribution is 2.50. The van der Waals surface area contributed by atoms with Gasteiger partial charge < -0.3 is 15.1 Å². The van der Waals surface area contributed by atoms with Gasteiger partial charge in [0.1, 0.15) is 0 Å². The van der Waals surface area contributed by atoms with Gasteiger partial charge in [0, 0.05) is 46.2 Å². The first-order valence-corrected chi connectivity index (χ1v) is 13.2. The van der Waals surface area contributed by atoms with Gasteiger partial charge in [-0.2, -0.15) is 13.2 Å². The lowest BCUT2D eigenvalue weighted by Gasteiger charge is -2.29. The van der Waals surface area contributed by atoms with Crippen molar-refractivity contribution in [1.29, 1.82) is 0 Å². The van der Waals surface area contributed by atoms with Crippen molar-refractivity contribution in [2.45, 2.75) is 37.5 Å². The van der Waals surface area contributed by atoms with E-state index >= 15 is 0 Å². The van der Waals surface area contributed by atoms with Crippen molar-refractivity contribution in [3.63, 3.8) is 0 Å². The summed E-state index contributed by atoms with van der Waals surface area (Å²) < 4.78 is 43.4. The Balaban J connectivity index is 1.43. The van der Waals surface area contributed by atoms with Crippen molar-refractivity contribution in [3.05, 3.63) is 81.3 Å². The monoisotopic (exact) mass is 577 g/mol. The summed E-state index contributed by atoms with van der Waals surface area (Å²) in [5, 5.41) is 7.66. The zero-order valence-electron chi connectivity index (χ0n) is 20.7. The van der Waals surface area contributed by atoms with E-state index in [4.69, 9.17) is 28.0 Å². The van der Waals surface area contributed by atoms with Crippen molar-refractivity contribution < 1.29 is 27.6 Å². The molecule has 3 aromatic rings. The van der Waals surface area contributed by atoms with E-state index in [1.165, 1.54) is 12.1 Å². The van der Waals surface area contributed by atoms with Gasteiger partial charge in [-0.1, -0.05) is 58.7 Å². The maximum atomic E-state index is 14.5. The number of hydrogen-bond acceptors (Lipinski definition) is 4. The normalized spacial score (nSPS) is 19.5. The predicted molar refractivity (Wildman–Crippen MR) is 143 cm³/mol. The number of nitrogens with zero attached hydrogens (tertiary/aromatic N) is 2. The molecule has 0 bridgehead atoms. The molecule has 1 atom stereocenters. The Hall–Kier alpha value is -3.30. The quantitative estimate of drug-likeness (QED) is 0.377. The Morgan fingerprint density at radius 2 is 1.64 bits per heavy atom. The molecule has 204 valence electrons. The molecule has 1 fully saturated rings. The lowest BCUT2D eigenvalue weighted by molar-refractivity contribution is -0.275. The molecule has 0 aliphatic carbocycles. The molecule has 0 saturated carbocycles. The van der Waals surface area contributed by atoms with Crippen LogP contribution in [0.3, 0.4) is 0 Å². The first-order chi connectivity index (χ1) is 18.6. The second-order valence-electron chi connectivity index (χ2n) is 9.62. The number of likely N-dealkylation sites (tertiary alicyclic amines) is 1. The van der Waals surface area contributed by atoms with E-state index in [-0.39, 0.29) is 33.8 Å². The Kier molecular flexibility index (Phi) is 7.48. The van der Waals surface area contributed by atoms with Gasteiger partial charge in [0.25, 0.3) is 11.5 Å². The van der Waals surface area contributed by atoms with Crippen molar-refractivity contribution in [2.75, 3.05) is 19.6 Å². The minimum Gasteiger partial charge on any atom is -0.374 e. The minimum atomic E-state index is -4.83. The number of nitrogens with one attached hydrogen (secondary N) is 1. The van der Waals surface area contributed by atoms with Gasteiger partial charge in [0.15, 0.2) is 0 Å². The number of piperidine rings is 1. The van der Waals surface area contributed by atoms with Crippen molar-refractivity contribution in [1.82, 2.24) is 10.2 Å². The van der Waals surface area contributed by atoms with Crippen molar-refractivity contribution >= 4 is 51.5 Å². The van der Waals surface area contributed by atoms with E-state index in [0.717, 1.165) is 31.4 Å². The van der Waals surface area contributed by atoms with Crippen LogP contribution in [0.15, 0.2) is 59.8 Å². The number of hydrogen-bond donors (Lipinski definition) is 1. The molecular weight excluding hydrogens is 554 g/mol. The van der Waals surface area contributed by atoms with Crippen LogP contribution in [0.4, 0.5) is 13.2 Å². The average molecular weight is 578 g/mol. The third kappa shape index (κ3) is 5.30. The van der Waals surface area contributed by atoms with Crippen LogP contribution in [0.25, 0.3) is 10.8 Å². The predicted octanol–water partition coefficient (Wildman–Crippen LogP) is 6.47. The summed E-state index contributed by atoms with van der Waals surface area (Å²) in [6, 6.07) is 13.6. The van der Waals surface area contributed by atoms with Crippen LogP contribution < -0.4 is 5.32 Å². The fourth-order valence-electron chi connectivity index (χ4n) is 5.09. The number of alkyl halides is 3. The second-order valence-corrected chi connectivity index (χ2v) is 10.5. The summed E-state index contributed by atoms with van der Waals surface area (Å²) in [5.41, 5.74) is -2.28. The molecule has 1 unspecified atom stereocenters. The van der Waals surface area contributed by atoms with E-state index in [9.17, 15) is 22.8 Å². The summed E-state index contributed by atoms with van der Waals surface area (Å²) >= 11 is 12.0. The highest BCUT2D eigenvalue weighted by atomic mass is 35.5. The number of carbonyl (C=O) groups is 2. The summed E-state index contributed by atoms with van der Waals surface area (Å²) in [7, 11) is 0. The molecule has 0 aromatic heterocycles. The highest BCUT2D eigenvalue weighted by Gasteiger charge is 2.62. The van der Waals surface area contributed by atoms with Gasteiger partial charge in [-0.15, -0.1) is 0 Å². The van der Waals surface area contributed by atoms with Gasteiger partial charge in [0.2, 0.25) is 5.91 Å². The molecule has 5 rings (SSSR count). The van der Waals surface area contributed by atoms with Gasteiger partial charge in [-0.25, -0.2) is 0 Å². The molecule has 2 aliphatic rings. The van der Waals surface area contributed by atoms with Crippen molar-refractivity contribution in [2.24, 2.45) is 5.16 Å². The van der Waals surface area contributed by atoms with E-state index in [0.29, 0.717) is 35.0 Å². The number of oxime groups is 1. The van der Waals surface area contributed by atoms with Crippen LogP contribution >= 0.6 is 23.2 Å². The van der Waals surface area contributed by atoms with Crippen molar-refractivity contribution in [3.8, 4) is 0 Å². The standard InChI is InChI=1S/C28H24Cl2F3N3O3/c29-18-12-17(13-19(30)14-18)27(28(31,32)33)15-24(35-39-27)22-8-9-23(21-7-3-2-6-20(21)22)26(38)34-16-25(37)36-10-4-1-5-11-36/h2-3,6-9,12-14H,1,4-5,10-11,15-16H2,(H,34,38). The molecule has 1 N–H and O–H groups in total. The number of amides is 2. The van der Waals surface area contributed by atoms with Gasteiger partial charge in [-0.3, -0.25) is 9.59 Å². The number of rotatable bonds is 5. The molecule has 2 amide bonds. The SMILES string of the molecule is O=C(NCC(=O)N1CCCCC1)c1ccc(C2=NOC(c3cc(Cl)cc(Cl)c3)(C(F)(F)F)C2)c2ccccc12.